The Morgan fingerprint density at radius 1 is 1.44 bits per heavy atom. The van der Waals surface area contributed by atoms with Crippen LogP contribution in [-0.4, -0.2) is 18.3 Å². The van der Waals surface area contributed by atoms with E-state index in [4.69, 9.17) is 5.14 Å². The van der Waals surface area contributed by atoms with Crippen LogP contribution in [0, 0.1) is 10.1 Å². The van der Waals surface area contributed by atoms with E-state index in [-0.39, 0.29) is 10.0 Å². The summed E-state index contributed by atoms with van der Waals surface area (Å²) < 4.78 is 22.2. The fourth-order valence-corrected chi connectivity index (χ4v) is 2.82. The first-order valence-corrected chi connectivity index (χ1v) is 6.32. The van der Waals surface area contributed by atoms with Crippen LogP contribution in [0.25, 0.3) is 10.2 Å². The number of nitro groups is 1. The average molecular weight is 259 g/mol. The molecule has 0 spiro atoms. The minimum atomic E-state index is -3.86. The molecule has 84 valence electrons. The lowest BCUT2D eigenvalue weighted by Gasteiger charge is -1.88. The Kier molecular flexibility index (Phi) is 2.37. The first-order valence-electron chi connectivity index (χ1n) is 3.96. The Bertz CT molecular complexity index is 676. The zero-order valence-corrected chi connectivity index (χ0v) is 9.29. The number of benzene rings is 1. The molecule has 2 N–H and O–H groups in total. The molecule has 0 aliphatic heterocycles. The van der Waals surface area contributed by atoms with Gasteiger partial charge in [0.15, 0.2) is 0 Å². The molecule has 0 unspecified atom stereocenters. The molecule has 0 aliphatic carbocycles. The third-order valence-corrected chi connectivity index (χ3v) is 4.14. The van der Waals surface area contributed by atoms with Crippen molar-refractivity contribution in [3.05, 3.63) is 28.3 Å². The highest BCUT2D eigenvalue weighted by Gasteiger charge is 2.16. The molecule has 7 nitrogen and oxygen atoms in total. The van der Waals surface area contributed by atoms with Crippen LogP contribution in [0.15, 0.2) is 22.5 Å². The summed E-state index contributed by atoms with van der Waals surface area (Å²) in [5.41, 5.74) is 0.261. The van der Waals surface area contributed by atoms with Crippen LogP contribution >= 0.6 is 11.3 Å². The number of thiazole rings is 1. The van der Waals surface area contributed by atoms with Gasteiger partial charge in [-0.2, -0.15) is 0 Å². The van der Waals surface area contributed by atoms with Crippen molar-refractivity contribution in [1.29, 1.82) is 0 Å². The second-order valence-corrected chi connectivity index (χ2v) is 5.70. The second kappa shape index (κ2) is 3.47. The predicted octanol–water partition coefficient (Wildman–Crippen LogP) is 0.852. The highest BCUT2D eigenvalue weighted by molar-refractivity contribution is 7.91. The minimum absolute atomic E-state index is 0.114. The van der Waals surface area contributed by atoms with Crippen molar-refractivity contribution in [2.45, 2.75) is 4.34 Å². The van der Waals surface area contributed by atoms with Crippen LogP contribution < -0.4 is 5.14 Å². The molecule has 1 heterocycles. The number of hydrogen-bond donors (Lipinski definition) is 1. The van der Waals surface area contributed by atoms with Crippen molar-refractivity contribution >= 4 is 37.3 Å². The van der Waals surface area contributed by atoms with E-state index >= 15 is 0 Å². The van der Waals surface area contributed by atoms with E-state index in [1.165, 1.54) is 18.2 Å². The second-order valence-electron chi connectivity index (χ2n) is 2.93. The number of aromatic nitrogens is 1. The van der Waals surface area contributed by atoms with Crippen LogP contribution in [0.3, 0.4) is 0 Å². The Balaban J connectivity index is 2.68. The molecular weight excluding hydrogens is 254 g/mol. The van der Waals surface area contributed by atoms with E-state index in [0.717, 1.165) is 11.3 Å². The normalized spacial score (nSPS) is 11.8. The van der Waals surface area contributed by atoms with Crippen molar-refractivity contribution in [3.63, 3.8) is 0 Å². The number of nitro benzene ring substituents is 1. The molecular formula is C7H5N3O4S2. The van der Waals surface area contributed by atoms with Gasteiger partial charge in [-0.3, -0.25) is 10.1 Å². The van der Waals surface area contributed by atoms with Crippen LogP contribution in [0.5, 0.6) is 0 Å². The zero-order valence-electron chi connectivity index (χ0n) is 7.65. The molecule has 0 saturated carbocycles. The first-order chi connectivity index (χ1) is 7.38. The van der Waals surface area contributed by atoms with Crippen molar-refractivity contribution in [2.24, 2.45) is 5.14 Å². The molecule has 0 atom stereocenters. The molecule has 0 amide bonds. The van der Waals surface area contributed by atoms with Crippen molar-refractivity contribution in [3.8, 4) is 0 Å². The summed E-state index contributed by atoms with van der Waals surface area (Å²) in [7, 11) is -3.86. The zero-order chi connectivity index (χ0) is 11.9. The number of nitrogens with zero attached hydrogens (tertiary/aromatic N) is 2. The molecule has 0 aliphatic rings. The van der Waals surface area contributed by atoms with E-state index in [1.54, 1.807) is 0 Å². The lowest BCUT2D eigenvalue weighted by atomic mass is 10.3. The largest absolute Gasteiger partial charge is 0.270 e. The van der Waals surface area contributed by atoms with E-state index in [0.29, 0.717) is 10.2 Å². The smallest absolute Gasteiger partial charge is 0.258 e. The summed E-state index contributed by atoms with van der Waals surface area (Å²) in [6, 6.07) is 3.91. The van der Waals surface area contributed by atoms with Crippen molar-refractivity contribution in [1.82, 2.24) is 4.98 Å². The summed E-state index contributed by atoms with van der Waals surface area (Å²) in [5, 5.41) is 15.4. The van der Waals surface area contributed by atoms with Crippen molar-refractivity contribution < 1.29 is 13.3 Å². The molecule has 2 rings (SSSR count). The van der Waals surface area contributed by atoms with E-state index < -0.39 is 14.9 Å². The molecule has 0 saturated heterocycles. The minimum Gasteiger partial charge on any atom is -0.258 e. The number of hydrogen-bond acceptors (Lipinski definition) is 6. The molecule has 0 fully saturated rings. The predicted molar refractivity (Wildman–Crippen MR) is 57.6 cm³/mol. The number of sulfonamides is 1. The summed E-state index contributed by atoms with van der Waals surface area (Å²) in [5.74, 6) is 0. The third-order valence-electron chi connectivity index (χ3n) is 1.81. The number of non-ortho nitro benzene ring substituents is 1. The molecule has 9 heteroatoms. The van der Waals surface area contributed by atoms with Gasteiger partial charge in [-0.1, -0.05) is 0 Å². The van der Waals surface area contributed by atoms with E-state index in [9.17, 15) is 18.5 Å². The van der Waals surface area contributed by atoms with Crippen LogP contribution in [-0.2, 0) is 10.0 Å². The maximum absolute atomic E-state index is 11.0. The first kappa shape index (κ1) is 10.9. The van der Waals surface area contributed by atoms with Crippen molar-refractivity contribution in [2.75, 3.05) is 0 Å². The number of primary sulfonamides is 1. The Hall–Kier alpha value is -1.58. The summed E-state index contributed by atoms with van der Waals surface area (Å²) in [4.78, 5) is 13.7. The summed E-state index contributed by atoms with van der Waals surface area (Å²) in [6.07, 6.45) is 0. The van der Waals surface area contributed by atoms with Gasteiger partial charge in [0.2, 0.25) is 4.34 Å². The SMILES string of the molecule is NS(=O)(=O)c1nc2ccc([N+](=O)[O-])cc2s1. The Labute approximate surface area is 93.7 Å². The lowest BCUT2D eigenvalue weighted by molar-refractivity contribution is -0.384. The molecule has 1 aromatic heterocycles. The summed E-state index contributed by atoms with van der Waals surface area (Å²) in [6.45, 7) is 0. The number of fused-ring (bicyclic) bond motifs is 1. The monoisotopic (exact) mass is 259 g/mol. The van der Waals surface area contributed by atoms with Gasteiger partial charge in [0, 0.05) is 12.1 Å². The maximum atomic E-state index is 11.0. The van der Waals surface area contributed by atoms with Crippen LogP contribution in [0.1, 0.15) is 0 Å². The highest BCUT2D eigenvalue weighted by atomic mass is 32.2. The van der Waals surface area contributed by atoms with E-state index in [2.05, 4.69) is 4.98 Å². The van der Waals surface area contributed by atoms with Gasteiger partial charge < -0.3 is 0 Å². The molecule has 0 radical (unpaired) electrons. The third kappa shape index (κ3) is 1.87. The number of rotatable bonds is 2. The van der Waals surface area contributed by atoms with Gasteiger partial charge in [-0.25, -0.2) is 18.5 Å². The average Bonchev–Trinajstić information content (AvgIpc) is 2.58. The van der Waals surface area contributed by atoms with Gasteiger partial charge >= 0.3 is 0 Å². The van der Waals surface area contributed by atoms with Crippen LogP contribution in [0.4, 0.5) is 5.69 Å². The topological polar surface area (TPSA) is 116 Å². The molecule has 0 bridgehead atoms. The highest BCUT2D eigenvalue weighted by Crippen LogP contribution is 2.27. The Morgan fingerprint density at radius 2 is 2.12 bits per heavy atom. The number of nitrogens with two attached hydrogens (primary N) is 1. The van der Waals surface area contributed by atoms with Crippen LogP contribution in [0.2, 0.25) is 0 Å². The molecule has 1 aromatic carbocycles. The van der Waals surface area contributed by atoms with Gasteiger partial charge in [0.1, 0.15) is 0 Å². The quantitative estimate of drug-likeness (QED) is 0.634. The standard InChI is InChI=1S/C7H5N3O4S2/c8-16(13,14)7-9-5-2-1-4(10(11)12)3-6(5)15-7/h1-3H,(H2,8,13,14). The fourth-order valence-electron chi connectivity index (χ4n) is 1.13. The fraction of sp³-hybridized carbons (Fsp3) is 0. The lowest BCUT2D eigenvalue weighted by Crippen LogP contribution is -2.11. The van der Waals surface area contributed by atoms with Gasteiger partial charge in [-0.15, -0.1) is 11.3 Å². The molecule has 2 aromatic rings. The summed E-state index contributed by atoms with van der Waals surface area (Å²) >= 11 is 0.807. The molecule has 16 heavy (non-hydrogen) atoms. The van der Waals surface area contributed by atoms with Gasteiger partial charge in [0.05, 0.1) is 15.1 Å². The van der Waals surface area contributed by atoms with E-state index in [1.807, 2.05) is 0 Å². The maximum Gasteiger partial charge on any atom is 0.270 e. The van der Waals surface area contributed by atoms with Gasteiger partial charge in [-0.05, 0) is 6.07 Å². The Morgan fingerprint density at radius 3 is 2.69 bits per heavy atom. The van der Waals surface area contributed by atoms with Gasteiger partial charge in [0.25, 0.3) is 15.7 Å².